The number of ketones is 1. The van der Waals surface area contributed by atoms with Crippen LogP contribution in [0.5, 0.6) is 0 Å². The Bertz CT molecular complexity index is 314. The first-order chi connectivity index (χ1) is 9.51. The van der Waals surface area contributed by atoms with Gasteiger partial charge in [0.25, 0.3) is 0 Å². The van der Waals surface area contributed by atoms with E-state index in [9.17, 15) is 9.59 Å². The molecule has 1 unspecified atom stereocenters. The lowest BCUT2D eigenvalue weighted by molar-refractivity contribution is -0.154. The summed E-state index contributed by atoms with van der Waals surface area (Å²) in [5.41, 5.74) is 0. The second-order valence-electron chi connectivity index (χ2n) is 6.38. The third kappa shape index (κ3) is 4.60. The summed E-state index contributed by atoms with van der Waals surface area (Å²) in [6, 6.07) is 0. The number of rotatable bonds is 7. The van der Waals surface area contributed by atoms with Crippen molar-refractivity contribution in [2.24, 2.45) is 23.7 Å². The van der Waals surface area contributed by atoms with Crippen molar-refractivity contribution in [2.45, 2.75) is 66.2 Å². The first-order valence-corrected chi connectivity index (χ1v) is 8.21. The molecule has 116 valence electrons. The Balaban J connectivity index is 2.60. The molecule has 0 amide bonds. The Morgan fingerprint density at radius 2 is 1.70 bits per heavy atom. The fourth-order valence-electron chi connectivity index (χ4n) is 3.35. The van der Waals surface area contributed by atoms with Crippen LogP contribution >= 0.6 is 0 Å². The van der Waals surface area contributed by atoms with E-state index in [0.29, 0.717) is 6.61 Å². The third-order valence-corrected chi connectivity index (χ3v) is 4.46. The van der Waals surface area contributed by atoms with E-state index in [2.05, 4.69) is 6.92 Å². The zero-order valence-electron chi connectivity index (χ0n) is 13.5. The fraction of sp³-hybridized carbons (Fsp3) is 0.882. The van der Waals surface area contributed by atoms with Crippen LogP contribution in [-0.4, -0.2) is 18.4 Å². The quantitative estimate of drug-likeness (QED) is 0.523. The molecule has 1 rings (SSSR count). The molecule has 3 heteroatoms. The Morgan fingerprint density at radius 3 is 2.15 bits per heavy atom. The number of carbonyl (C=O) groups is 2. The molecule has 0 aromatic heterocycles. The average Bonchev–Trinajstić information content (AvgIpc) is 2.40. The van der Waals surface area contributed by atoms with E-state index >= 15 is 0 Å². The van der Waals surface area contributed by atoms with E-state index in [1.54, 1.807) is 6.92 Å². The van der Waals surface area contributed by atoms with Crippen molar-refractivity contribution in [1.29, 1.82) is 0 Å². The standard InChI is InChI=1S/C17H30O3/c1-5-7-13-8-10-14(11-9-13)16(18)15(12(3)4)17(19)20-6-2/h12-15H,5-11H2,1-4H3. The van der Waals surface area contributed by atoms with E-state index in [1.165, 1.54) is 12.8 Å². The molecule has 0 radical (unpaired) electrons. The minimum absolute atomic E-state index is 0.0231. The number of ether oxygens (including phenoxy) is 1. The second-order valence-corrected chi connectivity index (χ2v) is 6.38. The van der Waals surface area contributed by atoms with Gasteiger partial charge in [-0.1, -0.05) is 33.6 Å². The summed E-state index contributed by atoms with van der Waals surface area (Å²) in [6.07, 6.45) is 6.67. The van der Waals surface area contributed by atoms with Crippen molar-refractivity contribution in [3.63, 3.8) is 0 Å². The van der Waals surface area contributed by atoms with Gasteiger partial charge < -0.3 is 4.74 Å². The Labute approximate surface area is 123 Å². The van der Waals surface area contributed by atoms with Crippen LogP contribution < -0.4 is 0 Å². The molecule has 0 aromatic carbocycles. The van der Waals surface area contributed by atoms with Gasteiger partial charge >= 0.3 is 5.97 Å². The smallest absolute Gasteiger partial charge is 0.316 e. The maximum atomic E-state index is 12.6. The van der Waals surface area contributed by atoms with Crippen molar-refractivity contribution >= 4 is 11.8 Å². The summed E-state index contributed by atoms with van der Waals surface area (Å²) >= 11 is 0. The number of esters is 1. The summed E-state index contributed by atoms with van der Waals surface area (Å²) in [5, 5.41) is 0. The van der Waals surface area contributed by atoms with E-state index < -0.39 is 5.92 Å². The molecule has 1 fully saturated rings. The van der Waals surface area contributed by atoms with Crippen LogP contribution in [0, 0.1) is 23.7 Å². The molecule has 0 spiro atoms. The lowest BCUT2D eigenvalue weighted by Crippen LogP contribution is -2.36. The monoisotopic (exact) mass is 282 g/mol. The highest BCUT2D eigenvalue weighted by atomic mass is 16.5. The van der Waals surface area contributed by atoms with Gasteiger partial charge in [-0.05, 0) is 44.4 Å². The molecule has 3 nitrogen and oxygen atoms in total. The van der Waals surface area contributed by atoms with Gasteiger partial charge in [-0.25, -0.2) is 0 Å². The predicted octanol–water partition coefficient (Wildman–Crippen LogP) is 4.00. The molecule has 1 aliphatic carbocycles. The maximum Gasteiger partial charge on any atom is 0.316 e. The van der Waals surface area contributed by atoms with Gasteiger partial charge in [0.05, 0.1) is 6.61 Å². The summed E-state index contributed by atoms with van der Waals surface area (Å²) in [4.78, 5) is 24.6. The van der Waals surface area contributed by atoms with Crippen LogP contribution in [0.1, 0.15) is 66.2 Å². The highest BCUT2D eigenvalue weighted by molar-refractivity contribution is 6.00. The van der Waals surface area contributed by atoms with E-state index in [-0.39, 0.29) is 23.6 Å². The van der Waals surface area contributed by atoms with E-state index in [0.717, 1.165) is 31.6 Å². The third-order valence-electron chi connectivity index (χ3n) is 4.46. The summed E-state index contributed by atoms with van der Waals surface area (Å²) in [5.74, 6) is 0.0956. The van der Waals surface area contributed by atoms with Gasteiger partial charge in [-0.2, -0.15) is 0 Å². The molecule has 0 aromatic rings. The first kappa shape index (κ1) is 17.2. The molecular formula is C17H30O3. The highest BCUT2D eigenvalue weighted by Crippen LogP contribution is 2.34. The summed E-state index contributed by atoms with van der Waals surface area (Å²) in [7, 11) is 0. The van der Waals surface area contributed by atoms with Crippen LogP contribution in [0.25, 0.3) is 0 Å². The number of hydrogen-bond donors (Lipinski definition) is 0. The Hall–Kier alpha value is -0.860. The van der Waals surface area contributed by atoms with Crippen LogP contribution in [0.4, 0.5) is 0 Å². The molecule has 1 aliphatic rings. The van der Waals surface area contributed by atoms with E-state index in [4.69, 9.17) is 4.74 Å². The van der Waals surface area contributed by atoms with Crippen molar-refractivity contribution < 1.29 is 14.3 Å². The minimum atomic E-state index is -0.567. The van der Waals surface area contributed by atoms with Crippen molar-refractivity contribution in [2.75, 3.05) is 6.61 Å². The van der Waals surface area contributed by atoms with Crippen LogP contribution in [0.2, 0.25) is 0 Å². The average molecular weight is 282 g/mol. The second kappa shape index (κ2) is 8.43. The maximum absolute atomic E-state index is 12.6. The highest BCUT2D eigenvalue weighted by Gasteiger charge is 2.37. The predicted molar refractivity (Wildman–Crippen MR) is 80.3 cm³/mol. The lowest BCUT2D eigenvalue weighted by Gasteiger charge is -2.30. The number of Topliss-reactive ketones (excluding diaryl/α,β-unsaturated/α-hetero) is 1. The molecule has 1 atom stereocenters. The fourth-order valence-corrected chi connectivity index (χ4v) is 3.35. The van der Waals surface area contributed by atoms with Crippen LogP contribution in [-0.2, 0) is 14.3 Å². The van der Waals surface area contributed by atoms with Crippen molar-refractivity contribution in [3.05, 3.63) is 0 Å². The normalized spacial score (nSPS) is 24.4. The molecule has 0 heterocycles. The zero-order valence-corrected chi connectivity index (χ0v) is 13.5. The Kier molecular flexibility index (Phi) is 7.25. The van der Waals surface area contributed by atoms with Gasteiger partial charge in [-0.3, -0.25) is 9.59 Å². The first-order valence-electron chi connectivity index (χ1n) is 8.21. The molecular weight excluding hydrogens is 252 g/mol. The summed E-state index contributed by atoms with van der Waals surface area (Å²) in [6.45, 7) is 8.21. The van der Waals surface area contributed by atoms with Gasteiger partial charge in [0.15, 0.2) is 0 Å². The van der Waals surface area contributed by atoms with Gasteiger partial charge in [0.2, 0.25) is 0 Å². The zero-order chi connectivity index (χ0) is 15.1. The SMILES string of the molecule is CCCC1CCC(C(=O)C(C(=O)OCC)C(C)C)CC1. The number of carbonyl (C=O) groups excluding carboxylic acids is 2. The van der Waals surface area contributed by atoms with E-state index in [1.807, 2.05) is 13.8 Å². The van der Waals surface area contributed by atoms with Gasteiger partial charge in [0.1, 0.15) is 11.7 Å². The minimum Gasteiger partial charge on any atom is -0.465 e. The molecule has 0 bridgehead atoms. The molecule has 1 saturated carbocycles. The molecule has 0 N–H and O–H groups in total. The van der Waals surface area contributed by atoms with Gasteiger partial charge in [0, 0.05) is 5.92 Å². The van der Waals surface area contributed by atoms with Gasteiger partial charge in [-0.15, -0.1) is 0 Å². The molecule has 0 aliphatic heterocycles. The Morgan fingerprint density at radius 1 is 1.10 bits per heavy atom. The van der Waals surface area contributed by atoms with Crippen LogP contribution in [0.15, 0.2) is 0 Å². The summed E-state index contributed by atoms with van der Waals surface area (Å²) < 4.78 is 5.08. The molecule has 20 heavy (non-hydrogen) atoms. The van der Waals surface area contributed by atoms with Crippen molar-refractivity contribution in [3.8, 4) is 0 Å². The topological polar surface area (TPSA) is 43.4 Å². The molecule has 0 saturated heterocycles. The largest absolute Gasteiger partial charge is 0.465 e. The van der Waals surface area contributed by atoms with Crippen LogP contribution in [0.3, 0.4) is 0 Å². The van der Waals surface area contributed by atoms with Crippen molar-refractivity contribution in [1.82, 2.24) is 0 Å². The number of hydrogen-bond acceptors (Lipinski definition) is 3. The lowest BCUT2D eigenvalue weighted by atomic mass is 9.74.